The summed E-state index contributed by atoms with van der Waals surface area (Å²) in [6, 6.07) is 21.9. The van der Waals surface area contributed by atoms with E-state index < -0.39 is 0 Å². The summed E-state index contributed by atoms with van der Waals surface area (Å²) in [5.41, 5.74) is 3.36. The number of benzene rings is 4. The molecule has 0 atom stereocenters. The summed E-state index contributed by atoms with van der Waals surface area (Å²) >= 11 is 15.5. The smallest absolute Gasteiger partial charge is 0.265 e. The van der Waals surface area contributed by atoms with Crippen LogP contribution in [0.3, 0.4) is 0 Å². The molecule has 0 radical (unpaired) electrons. The molecule has 2 heterocycles. The van der Waals surface area contributed by atoms with E-state index in [0.717, 1.165) is 25.5 Å². The number of imide groups is 1. The number of hydrogen-bond donors (Lipinski definition) is 0. The van der Waals surface area contributed by atoms with Crippen molar-refractivity contribution >= 4 is 84.8 Å². The molecule has 2 amide bonds. The molecule has 0 bridgehead atoms. The van der Waals surface area contributed by atoms with Crippen LogP contribution in [-0.4, -0.2) is 16.8 Å². The van der Waals surface area contributed by atoms with Crippen molar-refractivity contribution in [2.24, 2.45) is 0 Å². The Labute approximate surface area is 213 Å². The average molecular weight is 521 g/mol. The van der Waals surface area contributed by atoms with E-state index in [1.54, 1.807) is 42.1 Å². The van der Waals surface area contributed by atoms with Gasteiger partial charge in [0, 0.05) is 32.3 Å². The molecule has 0 fully saturated rings. The number of nitrogens with zero attached hydrogens (tertiary/aromatic N) is 2. The highest BCUT2D eigenvalue weighted by atomic mass is 35.5. The topological polar surface area (TPSA) is 50.3 Å². The van der Waals surface area contributed by atoms with E-state index >= 15 is 0 Å². The predicted molar refractivity (Wildman–Crippen MR) is 141 cm³/mol. The third-order valence-electron chi connectivity index (χ3n) is 5.74. The Hall–Kier alpha value is -2.90. The van der Waals surface area contributed by atoms with Crippen molar-refractivity contribution < 1.29 is 9.59 Å². The lowest BCUT2D eigenvalue weighted by Crippen LogP contribution is -2.40. The van der Waals surface area contributed by atoms with Gasteiger partial charge in [-0.1, -0.05) is 59.2 Å². The minimum atomic E-state index is -0.316. The molecule has 1 aliphatic heterocycles. The SMILES string of the molecule is O=C1c2cccc3cccc(c23)C(=O)N1c1ccc2nc(SCc3cc(Cl)ccc3Cl)sc2c1. The van der Waals surface area contributed by atoms with Crippen LogP contribution >= 0.6 is 46.3 Å². The first-order valence-electron chi connectivity index (χ1n) is 10.4. The monoisotopic (exact) mass is 520 g/mol. The van der Waals surface area contributed by atoms with Crippen LogP contribution in [0.1, 0.15) is 26.3 Å². The maximum atomic E-state index is 13.3. The molecule has 6 rings (SSSR count). The van der Waals surface area contributed by atoms with Gasteiger partial charge in [0.15, 0.2) is 4.34 Å². The molecule has 0 saturated carbocycles. The van der Waals surface area contributed by atoms with E-state index in [1.807, 2.05) is 42.5 Å². The zero-order chi connectivity index (χ0) is 23.4. The Morgan fingerprint density at radius 1 is 0.882 bits per heavy atom. The average Bonchev–Trinajstić information content (AvgIpc) is 3.25. The maximum Gasteiger partial charge on any atom is 0.265 e. The van der Waals surface area contributed by atoms with E-state index in [-0.39, 0.29) is 11.8 Å². The van der Waals surface area contributed by atoms with Gasteiger partial charge in [0.25, 0.3) is 11.8 Å². The first kappa shape index (κ1) is 21.6. The third kappa shape index (κ3) is 3.58. The van der Waals surface area contributed by atoms with Crippen molar-refractivity contribution in [3.05, 3.63) is 99.5 Å². The molecule has 0 aliphatic carbocycles. The molecule has 1 aromatic heterocycles. The van der Waals surface area contributed by atoms with Gasteiger partial charge in [-0.25, -0.2) is 9.88 Å². The molecule has 4 aromatic carbocycles. The largest absolute Gasteiger partial charge is 0.268 e. The van der Waals surface area contributed by atoms with Gasteiger partial charge in [-0.05, 0) is 59.5 Å². The van der Waals surface area contributed by atoms with Crippen molar-refractivity contribution in [1.29, 1.82) is 0 Å². The molecule has 1 aliphatic rings. The highest BCUT2D eigenvalue weighted by Gasteiger charge is 2.34. The number of rotatable bonds is 4. The van der Waals surface area contributed by atoms with Gasteiger partial charge in [-0.15, -0.1) is 11.3 Å². The van der Waals surface area contributed by atoms with Gasteiger partial charge >= 0.3 is 0 Å². The standard InChI is InChI=1S/C26H14Cl2N2O2S2/c27-16-7-9-20(28)15(11-16)13-33-26-29-21-10-8-17(12-22(21)34-26)30-24(31)18-5-1-3-14-4-2-6-19(23(14)18)25(30)32/h1-12H,13H2. The summed E-state index contributed by atoms with van der Waals surface area (Å²) in [4.78, 5) is 32.6. The van der Waals surface area contributed by atoms with E-state index in [0.29, 0.717) is 38.0 Å². The molecule has 8 heteroatoms. The van der Waals surface area contributed by atoms with Gasteiger partial charge in [-0.3, -0.25) is 9.59 Å². The normalized spacial score (nSPS) is 13.3. The second-order valence-corrected chi connectivity index (χ2v) is 10.9. The molecular formula is C26H14Cl2N2O2S2. The molecule has 0 unspecified atom stereocenters. The van der Waals surface area contributed by atoms with Crippen molar-refractivity contribution in [2.75, 3.05) is 4.90 Å². The van der Waals surface area contributed by atoms with Crippen LogP contribution in [-0.2, 0) is 5.75 Å². The first-order valence-corrected chi connectivity index (χ1v) is 12.9. The lowest BCUT2D eigenvalue weighted by atomic mass is 9.94. The summed E-state index contributed by atoms with van der Waals surface area (Å²) < 4.78 is 1.77. The molecule has 166 valence electrons. The highest BCUT2D eigenvalue weighted by Crippen LogP contribution is 2.37. The maximum absolute atomic E-state index is 13.3. The Bertz CT molecular complexity index is 1600. The number of halogens is 2. The number of thiazole rings is 1. The molecule has 34 heavy (non-hydrogen) atoms. The highest BCUT2D eigenvalue weighted by molar-refractivity contribution is 8.00. The Kier molecular flexibility index (Phi) is 5.34. The van der Waals surface area contributed by atoms with Crippen LogP contribution in [0.4, 0.5) is 5.69 Å². The predicted octanol–water partition coefficient (Wildman–Crippen LogP) is 7.85. The van der Waals surface area contributed by atoms with Crippen molar-refractivity contribution in [3.8, 4) is 0 Å². The Morgan fingerprint density at radius 3 is 2.35 bits per heavy atom. The number of thioether (sulfide) groups is 1. The number of carbonyl (C=O) groups is 2. The molecular weight excluding hydrogens is 507 g/mol. The van der Waals surface area contributed by atoms with Gasteiger partial charge < -0.3 is 0 Å². The molecule has 0 spiro atoms. The first-order chi connectivity index (χ1) is 16.5. The minimum absolute atomic E-state index is 0.316. The number of aromatic nitrogens is 1. The van der Waals surface area contributed by atoms with E-state index in [2.05, 4.69) is 4.98 Å². The molecule has 0 saturated heterocycles. The summed E-state index contributed by atoms with van der Waals surface area (Å²) in [7, 11) is 0. The number of fused-ring (bicyclic) bond motifs is 1. The summed E-state index contributed by atoms with van der Waals surface area (Å²) in [6.07, 6.45) is 0. The number of anilines is 1. The van der Waals surface area contributed by atoms with Crippen molar-refractivity contribution in [2.45, 2.75) is 10.1 Å². The van der Waals surface area contributed by atoms with E-state index in [4.69, 9.17) is 23.2 Å². The molecule has 5 aromatic rings. The fourth-order valence-corrected chi connectivity index (χ4v) is 6.70. The lowest BCUT2D eigenvalue weighted by molar-refractivity contribution is 0.0893. The number of carbonyl (C=O) groups excluding carboxylic acids is 2. The molecule has 0 N–H and O–H groups in total. The van der Waals surface area contributed by atoms with Gasteiger partial charge in [-0.2, -0.15) is 0 Å². The van der Waals surface area contributed by atoms with Crippen LogP contribution in [0.5, 0.6) is 0 Å². The summed E-state index contributed by atoms with van der Waals surface area (Å²) in [5, 5.41) is 2.91. The van der Waals surface area contributed by atoms with Crippen LogP contribution in [0.15, 0.2) is 77.1 Å². The summed E-state index contributed by atoms with van der Waals surface area (Å²) in [5.74, 6) is 0.00222. The van der Waals surface area contributed by atoms with Crippen LogP contribution < -0.4 is 4.90 Å². The van der Waals surface area contributed by atoms with Gasteiger partial charge in [0.2, 0.25) is 0 Å². The fraction of sp³-hybridized carbons (Fsp3) is 0.0385. The number of amides is 2. The lowest BCUT2D eigenvalue weighted by Gasteiger charge is -2.27. The Morgan fingerprint density at radius 2 is 1.62 bits per heavy atom. The fourth-order valence-electron chi connectivity index (χ4n) is 4.15. The zero-order valence-electron chi connectivity index (χ0n) is 17.4. The van der Waals surface area contributed by atoms with E-state index in [1.165, 1.54) is 16.2 Å². The van der Waals surface area contributed by atoms with Crippen LogP contribution in [0.2, 0.25) is 10.0 Å². The minimum Gasteiger partial charge on any atom is -0.268 e. The second kappa shape index (κ2) is 8.40. The van der Waals surface area contributed by atoms with Crippen LogP contribution in [0, 0.1) is 0 Å². The third-order valence-corrected chi connectivity index (χ3v) is 8.55. The summed E-state index contributed by atoms with van der Waals surface area (Å²) in [6.45, 7) is 0. The quantitative estimate of drug-likeness (QED) is 0.179. The van der Waals surface area contributed by atoms with Crippen molar-refractivity contribution in [1.82, 2.24) is 4.98 Å². The van der Waals surface area contributed by atoms with Crippen LogP contribution in [0.25, 0.3) is 21.0 Å². The zero-order valence-corrected chi connectivity index (χ0v) is 20.6. The second-order valence-electron chi connectivity index (χ2n) is 7.81. The van der Waals surface area contributed by atoms with Gasteiger partial charge in [0.05, 0.1) is 15.9 Å². The van der Waals surface area contributed by atoms with Gasteiger partial charge in [0.1, 0.15) is 0 Å². The number of hydrogen-bond acceptors (Lipinski definition) is 5. The molecule has 4 nitrogen and oxygen atoms in total. The Balaban J connectivity index is 1.33. The van der Waals surface area contributed by atoms with E-state index in [9.17, 15) is 9.59 Å². The van der Waals surface area contributed by atoms with Crippen molar-refractivity contribution in [3.63, 3.8) is 0 Å².